The molecule has 0 fully saturated rings. The van der Waals surface area contributed by atoms with Crippen molar-refractivity contribution in [3.8, 4) is 10.6 Å². The lowest BCUT2D eigenvalue weighted by atomic mass is 10.2. The van der Waals surface area contributed by atoms with Crippen LogP contribution in [0.25, 0.3) is 16.2 Å². The Morgan fingerprint density at radius 1 is 1.19 bits per heavy atom. The molecule has 0 bridgehead atoms. The molecule has 1 unspecified atom stereocenters. The average molecular weight is 463 g/mol. The SMILES string of the molecule is CCc1ccc(-c2cc(C(F)(F)F)n3nc(C(=O)NC(C)c4ccn(CC)n4)cc3n2)s1. The van der Waals surface area contributed by atoms with Crippen LogP contribution in [-0.2, 0) is 19.1 Å². The van der Waals surface area contributed by atoms with E-state index in [9.17, 15) is 18.0 Å². The number of carbonyl (C=O) groups is 1. The van der Waals surface area contributed by atoms with Crippen molar-refractivity contribution in [1.82, 2.24) is 29.7 Å². The van der Waals surface area contributed by atoms with Crippen LogP contribution in [0.5, 0.6) is 0 Å². The van der Waals surface area contributed by atoms with Crippen molar-refractivity contribution in [2.24, 2.45) is 0 Å². The summed E-state index contributed by atoms with van der Waals surface area (Å²) in [6.45, 7) is 6.35. The lowest BCUT2D eigenvalue weighted by Gasteiger charge is -2.11. The first-order valence-corrected chi connectivity index (χ1v) is 10.9. The number of rotatable bonds is 6. The molecule has 0 saturated heterocycles. The van der Waals surface area contributed by atoms with Gasteiger partial charge in [0.15, 0.2) is 17.0 Å². The minimum absolute atomic E-state index is 0.0469. The predicted octanol–water partition coefficient (Wildman–Crippen LogP) is 4.75. The molecule has 0 aliphatic carbocycles. The number of aryl methyl sites for hydroxylation is 2. The number of hydrogen-bond acceptors (Lipinski definition) is 5. The highest BCUT2D eigenvalue weighted by molar-refractivity contribution is 7.15. The normalized spacial score (nSPS) is 12.9. The fourth-order valence-electron chi connectivity index (χ4n) is 3.25. The van der Waals surface area contributed by atoms with E-state index in [0.29, 0.717) is 21.6 Å². The minimum atomic E-state index is -4.67. The molecular formula is C21H21F3N6OS. The fraction of sp³-hybridized carbons (Fsp3) is 0.333. The van der Waals surface area contributed by atoms with Gasteiger partial charge in [-0.05, 0) is 44.5 Å². The number of amides is 1. The third-order valence-electron chi connectivity index (χ3n) is 4.99. The Balaban J connectivity index is 1.69. The zero-order chi connectivity index (χ0) is 23.0. The number of carbonyl (C=O) groups excluding carboxylic acids is 1. The number of halogens is 3. The van der Waals surface area contributed by atoms with Gasteiger partial charge in [-0.15, -0.1) is 11.3 Å². The van der Waals surface area contributed by atoms with Crippen molar-refractivity contribution in [2.45, 2.75) is 46.0 Å². The van der Waals surface area contributed by atoms with Crippen molar-refractivity contribution < 1.29 is 18.0 Å². The van der Waals surface area contributed by atoms with Gasteiger partial charge in [-0.3, -0.25) is 9.48 Å². The van der Waals surface area contributed by atoms with Gasteiger partial charge < -0.3 is 5.32 Å². The summed E-state index contributed by atoms with van der Waals surface area (Å²) in [4.78, 5) is 18.7. The lowest BCUT2D eigenvalue weighted by molar-refractivity contribution is -0.142. The van der Waals surface area contributed by atoms with E-state index in [1.54, 1.807) is 29.9 Å². The van der Waals surface area contributed by atoms with Gasteiger partial charge in [-0.25, -0.2) is 9.50 Å². The van der Waals surface area contributed by atoms with Gasteiger partial charge >= 0.3 is 6.18 Å². The largest absolute Gasteiger partial charge is 0.433 e. The molecule has 4 aromatic heterocycles. The highest BCUT2D eigenvalue weighted by Crippen LogP contribution is 2.34. The van der Waals surface area contributed by atoms with E-state index in [1.807, 2.05) is 19.9 Å². The molecule has 11 heteroatoms. The second kappa shape index (κ2) is 8.38. The second-order valence-electron chi connectivity index (χ2n) is 7.23. The molecular weight excluding hydrogens is 441 g/mol. The summed E-state index contributed by atoms with van der Waals surface area (Å²) >= 11 is 1.39. The minimum Gasteiger partial charge on any atom is -0.342 e. The van der Waals surface area contributed by atoms with Crippen molar-refractivity contribution in [1.29, 1.82) is 0 Å². The van der Waals surface area contributed by atoms with Crippen LogP contribution >= 0.6 is 11.3 Å². The monoisotopic (exact) mass is 462 g/mol. The Labute approximate surface area is 185 Å². The molecule has 0 aromatic carbocycles. The summed E-state index contributed by atoms with van der Waals surface area (Å²) in [6.07, 6.45) is -2.09. The molecule has 168 valence electrons. The van der Waals surface area contributed by atoms with Crippen LogP contribution < -0.4 is 5.32 Å². The molecule has 7 nitrogen and oxygen atoms in total. The number of fused-ring (bicyclic) bond motifs is 1. The molecule has 4 heterocycles. The average Bonchev–Trinajstić information content (AvgIpc) is 3.50. The van der Waals surface area contributed by atoms with Gasteiger partial charge in [0, 0.05) is 23.7 Å². The maximum Gasteiger partial charge on any atom is 0.433 e. The standard InChI is InChI=1S/C21H21F3N6OS/c1-4-13-6-7-17(32-13)15-10-18(21(22,23)24)30-19(26-15)11-16(28-30)20(31)25-12(3)14-8-9-29(5-2)27-14/h6-12H,4-5H2,1-3H3,(H,25,31). The topological polar surface area (TPSA) is 77.1 Å². The van der Waals surface area contributed by atoms with Crippen LogP contribution in [0.4, 0.5) is 13.2 Å². The summed E-state index contributed by atoms with van der Waals surface area (Å²) in [5, 5.41) is 11.0. The Morgan fingerprint density at radius 2 is 1.97 bits per heavy atom. The predicted molar refractivity (Wildman–Crippen MR) is 114 cm³/mol. The van der Waals surface area contributed by atoms with Crippen LogP contribution in [0, 0.1) is 0 Å². The first kappa shape index (κ1) is 22.0. The maximum absolute atomic E-state index is 13.8. The van der Waals surface area contributed by atoms with Gasteiger partial charge in [0.25, 0.3) is 5.91 Å². The van der Waals surface area contributed by atoms with Crippen molar-refractivity contribution in [3.63, 3.8) is 0 Å². The van der Waals surface area contributed by atoms with E-state index >= 15 is 0 Å². The van der Waals surface area contributed by atoms with Gasteiger partial charge in [-0.1, -0.05) is 6.92 Å². The molecule has 0 aliphatic rings. The smallest absolute Gasteiger partial charge is 0.342 e. The van der Waals surface area contributed by atoms with Crippen molar-refractivity contribution >= 4 is 22.9 Å². The van der Waals surface area contributed by atoms with Crippen molar-refractivity contribution in [3.05, 3.63) is 58.5 Å². The van der Waals surface area contributed by atoms with E-state index in [4.69, 9.17) is 0 Å². The Kier molecular flexibility index (Phi) is 5.76. The molecule has 0 radical (unpaired) electrons. The quantitative estimate of drug-likeness (QED) is 0.449. The molecule has 0 spiro atoms. The van der Waals surface area contributed by atoms with Gasteiger partial charge in [0.05, 0.1) is 22.3 Å². The van der Waals surface area contributed by atoms with E-state index in [-0.39, 0.29) is 17.0 Å². The molecule has 32 heavy (non-hydrogen) atoms. The number of hydrogen-bond donors (Lipinski definition) is 1. The Hall–Kier alpha value is -3.21. The molecule has 4 rings (SSSR count). The van der Waals surface area contributed by atoms with Crippen LogP contribution in [0.2, 0.25) is 0 Å². The van der Waals surface area contributed by atoms with Gasteiger partial charge in [0.2, 0.25) is 0 Å². The molecule has 1 N–H and O–H groups in total. The Bertz CT molecular complexity index is 1270. The fourth-order valence-corrected chi connectivity index (χ4v) is 4.16. The van der Waals surface area contributed by atoms with Crippen LogP contribution in [0.3, 0.4) is 0 Å². The number of aromatic nitrogens is 5. The molecule has 1 atom stereocenters. The summed E-state index contributed by atoms with van der Waals surface area (Å²) < 4.78 is 43.7. The first-order valence-electron chi connectivity index (χ1n) is 10.1. The summed E-state index contributed by atoms with van der Waals surface area (Å²) in [7, 11) is 0. The third-order valence-corrected chi connectivity index (χ3v) is 6.24. The van der Waals surface area contributed by atoms with Crippen LogP contribution in [0.15, 0.2) is 36.5 Å². The lowest BCUT2D eigenvalue weighted by Crippen LogP contribution is -2.27. The highest BCUT2D eigenvalue weighted by atomic mass is 32.1. The summed E-state index contributed by atoms with van der Waals surface area (Å²) in [5.41, 5.74) is -0.348. The van der Waals surface area contributed by atoms with Crippen LogP contribution in [0.1, 0.15) is 53.6 Å². The number of thiophene rings is 1. The molecule has 0 aliphatic heterocycles. The molecule has 4 aromatic rings. The molecule has 1 amide bonds. The number of nitrogens with zero attached hydrogens (tertiary/aromatic N) is 5. The van der Waals surface area contributed by atoms with E-state index < -0.39 is 23.8 Å². The van der Waals surface area contributed by atoms with Crippen LogP contribution in [-0.4, -0.2) is 30.3 Å². The van der Waals surface area contributed by atoms with E-state index in [2.05, 4.69) is 20.5 Å². The van der Waals surface area contributed by atoms with Gasteiger partial charge in [-0.2, -0.15) is 23.4 Å². The van der Waals surface area contributed by atoms with Crippen molar-refractivity contribution in [2.75, 3.05) is 0 Å². The summed E-state index contributed by atoms with van der Waals surface area (Å²) in [6, 6.07) is 7.19. The molecule has 0 saturated carbocycles. The summed E-state index contributed by atoms with van der Waals surface area (Å²) in [5.74, 6) is -0.604. The number of alkyl halides is 3. The second-order valence-corrected chi connectivity index (χ2v) is 8.40. The zero-order valence-corrected chi connectivity index (χ0v) is 18.5. The zero-order valence-electron chi connectivity index (χ0n) is 17.6. The van der Waals surface area contributed by atoms with E-state index in [0.717, 1.165) is 17.4 Å². The first-order chi connectivity index (χ1) is 15.2. The van der Waals surface area contributed by atoms with E-state index in [1.165, 1.54) is 17.4 Å². The third kappa shape index (κ3) is 4.24. The maximum atomic E-state index is 13.8. The van der Waals surface area contributed by atoms with Gasteiger partial charge in [0.1, 0.15) is 0 Å². The number of nitrogens with one attached hydrogen (secondary N) is 1. The Morgan fingerprint density at radius 3 is 2.59 bits per heavy atom. The highest BCUT2D eigenvalue weighted by Gasteiger charge is 2.36.